The van der Waals surface area contributed by atoms with Crippen LogP contribution >= 0.6 is 0 Å². The Balaban J connectivity index is 1.49. The molecular formula is C15H22N2. The summed E-state index contributed by atoms with van der Waals surface area (Å²) in [6.07, 6.45) is 11.9. The van der Waals surface area contributed by atoms with Crippen molar-refractivity contribution in [2.75, 3.05) is 0 Å². The van der Waals surface area contributed by atoms with Crippen molar-refractivity contribution in [1.29, 1.82) is 0 Å². The molecule has 2 N–H and O–H groups in total. The highest BCUT2D eigenvalue weighted by Gasteiger charge is 2.39. The number of nitrogens with zero attached hydrogens (tertiary/aromatic N) is 1. The first kappa shape index (κ1) is 11.2. The highest BCUT2D eigenvalue weighted by Crippen LogP contribution is 2.51. The molecule has 0 bridgehead atoms. The molecule has 2 aliphatic carbocycles. The van der Waals surface area contributed by atoms with Gasteiger partial charge in [-0.1, -0.05) is 6.07 Å². The Morgan fingerprint density at radius 3 is 2.76 bits per heavy atom. The third-order valence-electron chi connectivity index (χ3n) is 4.56. The van der Waals surface area contributed by atoms with Crippen LogP contribution in [-0.4, -0.2) is 11.0 Å². The molecule has 2 heteroatoms. The molecular weight excluding hydrogens is 208 g/mol. The smallest absolute Gasteiger partial charge is 0.0302 e. The lowest BCUT2D eigenvalue weighted by molar-refractivity contribution is 0.298. The first-order valence-corrected chi connectivity index (χ1v) is 6.98. The molecule has 0 aromatic carbocycles. The van der Waals surface area contributed by atoms with Crippen LogP contribution in [0.25, 0.3) is 0 Å². The first-order chi connectivity index (χ1) is 8.33. The fourth-order valence-corrected chi connectivity index (χ4v) is 3.36. The summed E-state index contributed by atoms with van der Waals surface area (Å²) in [6, 6.07) is 4.78. The number of aromatic nitrogens is 1. The monoisotopic (exact) mass is 230 g/mol. The second-order valence-electron chi connectivity index (χ2n) is 5.91. The lowest BCUT2D eigenvalue weighted by atomic mass is 9.83. The van der Waals surface area contributed by atoms with Crippen LogP contribution in [0.5, 0.6) is 0 Å². The lowest BCUT2D eigenvalue weighted by Gasteiger charge is -2.26. The minimum absolute atomic E-state index is 0.486. The molecule has 0 amide bonds. The molecule has 0 radical (unpaired) electrons. The van der Waals surface area contributed by atoms with Crippen LogP contribution in [0.2, 0.25) is 0 Å². The van der Waals surface area contributed by atoms with Gasteiger partial charge in [0.25, 0.3) is 0 Å². The van der Waals surface area contributed by atoms with Gasteiger partial charge in [-0.2, -0.15) is 0 Å². The zero-order valence-corrected chi connectivity index (χ0v) is 10.4. The third-order valence-corrected chi connectivity index (χ3v) is 4.56. The van der Waals surface area contributed by atoms with E-state index in [1.165, 1.54) is 44.1 Å². The van der Waals surface area contributed by atoms with E-state index in [9.17, 15) is 0 Å². The molecule has 1 heterocycles. The second-order valence-corrected chi connectivity index (χ2v) is 5.91. The van der Waals surface area contributed by atoms with Crippen LogP contribution in [0.15, 0.2) is 24.5 Å². The highest BCUT2D eigenvalue weighted by atomic mass is 14.6. The topological polar surface area (TPSA) is 38.9 Å². The molecule has 1 aromatic rings. The Labute approximate surface area is 104 Å². The molecule has 2 nitrogen and oxygen atoms in total. The van der Waals surface area contributed by atoms with Crippen LogP contribution < -0.4 is 5.73 Å². The van der Waals surface area contributed by atoms with Gasteiger partial charge in [0.2, 0.25) is 0 Å². The Morgan fingerprint density at radius 2 is 2.06 bits per heavy atom. The van der Waals surface area contributed by atoms with Crippen molar-refractivity contribution in [2.24, 2.45) is 17.6 Å². The number of hydrogen-bond donors (Lipinski definition) is 1. The fourth-order valence-electron chi connectivity index (χ4n) is 3.36. The van der Waals surface area contributed by atoms with Gasteiger partial charge in [0.05, 0.1) is 0 Å². The maximum Gasteiger partial charge on any atom is 0.0302 e. The lowest BCUT2D eigenvalue weighted by Crippen LogP contribution is -2.26. The molecule has 1 aromatic heterocycles. The predicted molar refractivity (Wildman–Crippen MR) is 69.6 cm³/mol. The fraction of sp³-hybridized carbons (Fsp3) is 0.667. The van der Waals surface area contributed by atoms with Crippen molar-refractivity contribution in [2.45, 2.75) is 50.5 Å². The van der Waals surface area contributed by atoms with Crippen molar-refractivity contribution in [3.05, 3.63) is 30.1 Å². The quantitative estimate of drug-likeness (QED) is 0.866. The van der Waals surface area contributed by atoms with Gasteiger partial charge in [-0.3, -0.25) is 4.98 Å². The normalized spacial score (nSPS) is 36.8. The molecule has 92 valence electrons. The van der Waals surface area contributed by atoms with E-state index >= 15 is 0 Å². The molecule has 2 saturated carbocycles. The summed E-state index contributed by atoms with van der Waals surface area (Å²) in [4.78, 5) is 4.22. The standard InChI is InChI=1S/C15H22N2/c16-14-5-3-11(4-6-14)8-13-9-15(13)12-2-1-7-17-10-12/h1-2,7,10-11,13-15H,3-6,8-9,16H2/t11-,13-,14-,15+/m0/s1. The number of nitrogens with two attached hydrogens (primary N) is 1. The zero-order valence-electron chi connectivity index (χ0n) is 10.4. The zero-order chi connectivity index (χ0) is 11.7. The Kier molecular flexibility index (Phi) is 3.15. The SMILES string of the molecule is N[C@H]1CC[C@H](C[C@H]2C[C@@H]2c2cccnc2)CC1. The van der Waals surface area contributed by atoms with E-state index in [1.807, 2.05) is 12.4 Å². The molecule has 0 unspecified atom stereocenters. The maximum absolute atomic E-state index is 5.95. The summed E-state index contributed by atoms with van der Waals surface area (Å²) in [5, 5.41) is 0. The second kappa shape index (κ2) is 4.77. The average Bonchev–Trinajstić information content (AvgIpc) is 3.13. The van der Waals surface area contributed by atoms with Crippen molar-refractivity contribution < 1.29 is 0 Å². The number of pyridine rings is 1. The molecule has 0 saturated heterocycles. The van der Waals surface area contributed by atoms with Gasteiger partial charge in [0.15, 0.2) is 0 Å². The van der Waals surface area contributed by atoms with Crippen LogP contribution in [0.4, 0.5) is 0 Å². The summed E-state index contributed by atoms with van der Waals surface area (Å²) in [7, 11) is 0. The number of hydrogen-bond acceptors (Lipinski definition) is 2. The minimum atomic E-state index is 0.486. The van der Waals surface area contributed by atoms with Crippen molar-refractivity contribution >= 4 is 0 Å². The summed E-state index contributed by atoms with van der Waals surface area (Å²) in [5.74, 6) is 2.68. The van der Waals surface area contributed by atoms with E-state index in [-0.39, 0.29) is 0 Å². The van der Waals surface area contributed by atoms with E-state index < -0.39 is 0 Å². The minimum Gasteiger partial charge on any atom is -0.328 e. The van der Waals surface area contributed by atoms with E-state index in [0.29, 0.717) is 6.04 Å². The Morgan fingerprint density at radius 1 is 1.24 bits per heavy atom. The van der Waals surface area contributed by atoms with Crippen LogP contribution in [0.3, 0.4) is 0 Å². The number of rotatable bonds is 3. The summed E-state index contributed by atoms with van der Waals surface area (Å²) >= 11 is 0. The summed E-state index contributed by atoms with van der Waals surface area (Å²) in [5.41, 5.74) is 7.40. The third kappa shape index (κ3) is 2.68. The van der Waals surface area contributed by atoms with Gasteiger partial charge in [-0.25, -0.2) is 0 Å². The molecule has 2 aliphatic rings. The van der Waals surface area contributed by atoms with E-state index in [1.54, 1.807) is 0 Å². The molecule has 2 fully saturated rings. The average molecular weight is 230 g/mol. The molecule has 17 heavy (non-hydrogen) atoms. The Bertz CT molecular complexity index is 354. The predicted octanol–water partition coefficient (Wildman–Crippen LogP) is 3.09. The largest absolute Gasteiger partial charge is 0.328 e. The van der Waals surface area contributed by atoms with Gasteiger partial charge in [-0.15, -0.1) is 0 Å². The summed E-state index contributed by atoms with van der Waals surface area (Å²) in [6.45, 7) is 0. The molecule has 0 spiro atoms. The molecule has 2 atom stereocenters. The van der Waals surface area contributed by atoms with Gasteiger partial charge in [-0.05, 0) is 67.9 Å². The Hall–Kier alpha value is -0.890. The van der Waals surface area contributed by atoms with Gasteiger partial charge in [0, 0.05) is 18.4 Å². The molecule has 3 rings (SSSR count). The van der Waals surface area contributed by atoms with E-state index in [4.69, 9.17) is 5.73 Å². The van der Waals surface area contributed by atoms with E-state index in [0.717, 1.165) is 17.8 Å². The van der Waals surface area contributed by atoms with Gasteiger partial charge >= 0.3 is 0 Å². The van der Waals surface area contributed by atoms with Gasteiger partial charge < -0.3 is 5.73 Å². The highest BCUT2D eigenvalue weighted by molar-refractivity contribution is 5.22. The van der Waals surface area contributed by atoms with Crippen molar-refractivity contribution in [1.82, 2.24) is 4.98 Å². The van der Waals surface area contributed by atoms with Crippen molar-refractivity contribution in [3.8, 4) is 0 Å². The van der Waals surface area contributed by atoms with E-state index in [2.05, 4.69) is 17.1 Å². The molecule has 0 aliphatic heterocycles. The van der Waals surface area contributed by atoms with Crippen LogP contribution in [0, 0.1) is 11.8 Å². The first-order valence-electron chi connectivity index (χ1n) is 6.98. The van der Waals surface area contributed by atoms with Gasteiger partial charge in [0.1, 0.15) is 0 Å². The van der Waals surface area contributed by atoms with Crippen LogP contribution in [0.1, 0.15) is 50.0 Å². The van der Waals surface area contributed by atoms with Crippen LogP contribution in [-0.2, 0) is 0 Å². The summed E-state index contributed by atoms with van der Waals surface area (Å²) < 4.78 is 0. The van der Waals surface area contributed by atoms with Crippen molar-refractivity contribution in [3.63, 3.8) is 0 Å². The maximum atomic E-state index is 5.95.